The van der Waals surface area contributed by atoms with Crippen LogP contribution in [-0.2, 0) is 9.47 Å². The van der Waals surface area contributed by atoms with Crippen LogP contribution in [0, 0.1) is 0 Å². The van der Waals surface area contributed by atoms with Crippen LogP contribution in [0.1, 0.15) is 102 Å². The van der Waals surface area contributed by atoms with Crippen molar-refractivity contribution in [1.82, 2.24) is 9.97 Å². The van der Waals surface area contributed by atoms with Gasteiger partial charge >= 0.3 is 0 Å². The van der Waals surface area contributed by atoms with Crippen LogP contribution in [0.25, 0.3) is 11.3 Å². The van der Waals surface area contributed by atoms with E-state index in [4.69, 9.17) is 9.47 Å². The zero-order valence-electron chi connectivity index (χ0n) is 28.6. The number of rotatable bonds is 12. The molecule has 0 fully saturated rings. The summed E-state index contributed by atoms with van der Waals surface area (Å²) < 4.78 is 10.6. The molecule has 1 heterocycles. The number of hydrogen-bond acceptors (Lipinski definition) is 5. The summed E-state index contributed by atoms with van der Waals surface area (Å²) in [5.74, 6) is 1.35. The fourth-order valence-electron chi connectivity index (χ4n) is 3.15. The summed E-state index contributed by atoms with van der Waals surface area (Å²) in [7, 11) is 1.60. The van der Waals surface area contributed by atoms with Gasteiger partial charge in [0.15, 0.2) is 6.79 Å². The summed E-state index contributed by atoms with van der Waals surface area (Å²) in [5.41, 5.74) is 6.60. The molecule has 0 saturated carbocycles. The van der Waals surface area contributed by atoms with Gasteiger partial charge in [-0.15, -0.1) is 0 Å². The molecule has 0 bridgehead atoms. The van der Waals surface area contributed by atoms with Crippen LogP contribution >= 0.6 is 0 Å². The van der Waals surface area contributed by atoms with Crippen LogP contribution in [-0.4, -0.2) is 30.4 Å². The molecular formula is C36H61N3O2. The lowest BCUT2D eigenvalue weighted by atomic mass is 9.98. The summed E-state index contributed by atoms with van der Waals surface area (Å²) in [6.07, 6.45) is 9.12. The Morgan fingerprint density at radius 2 is 1.49 bits per heavy atom. The molecule has 0 aliphatic rings. The SMILES string of the molecule is C=C(C)\C(=C/C=C(C)/C(C)=C(/CCC)CNc1nccc(-c2ccccc2)n1)OCOC.CC.CC.CC.CCC. The Kier molecular flexibility index (Phi) is 30.7. The van der Waals surface area contributed by atoms with Crippen molar-refractivity contribution in [2.24, 2.45) is 0 Å². The van der Waals surface area contributed by atoms with Crippen molar-refractivity contribution in [2.75, 3.05) is 25.8 Å². The zero-order chi connectivity index (χ0) is 32.1. The average Bonchev–Trinajstić information content (AvgIpc) is 3.02. The van der Waals surface area contributed by atoms with Gasteiger partial charge in [0.2, 0.25) is 5.95 Å². The van der Waals surface area contributed by atoms with Crippen molar-refractivity contribution in [2.45, 2.75) is 102 Å². The van der Waals surface area contributed by atoms with Gasteiger partial charge in [-0.05, 0) is 61.6 Å². The minimum Gasteiger partial charge on any atom is -0.467 e. The lowest BCUT2D eigenvalue weighted by Crippen LogP contribution is -2.10. The maximum atomic E-state index is 5.59. The number of ether oxygens (including phenoxy) is 2. The quantitative estimate of drug-likeness (QED) is 0.157. The van der Waals surface area contributed by atoms with Crippen molar-refractivity contribution >= 4 is 5.95 Å². The topological polar surface area (TPSA) is 56.3 Å². The van der Waals surface area contributed by atoms with Crippen molar-refractivity contribution in [3.8, 4) is 11.3 Å². The van der Waals surface area contributed by atoms with Gasteiger partial charge < -0.3 is 14.8 Å². The minimum absolute atomic E-state index is 0.202. The molecule has 0 unspecified atom stereocenters. The Bertz CT molecular complexity index is 993. The molecule has 232 valence electrons. The standard InChI is InChI=1S/C27H35N3O2.C3H8.3C2H6/c1-7-11-24(22(5)21(4)14-15-26(20(2)3)32-19-31-6)18-29-27-28-17-16-25(30-27)23-12-9-8-10-13-23;1-3-2;3*1-2/h8-10,12-17H,2,7,11,18-19H2,1,3-6H3,(H,28,29,30);3H2,1-2H3;3*1-2H3/b21-14+,24-22-,26-15+;;;;. The Morgan fingerprint density at radius 1 is 0.902 bits per heavy atom. The molecule has 2 aromatic rings. The predicted molar refractivity (Wildman–Crippen MR) is 183 cm³/mol. The van der Waals surface area contributed by atoms with E-state index in [1.807, 2.05) is 78.8 Å². The maximum absolute atomic E-state index is 5.59. The Balaban J connectivity index is -0.00000144. The molecule has 5 heteroatoms. The summed E-state index contributed by atoms with van der Waals surface area (Å²) >= 11 is 0. The van der Waals surface area contributed by atoms with Crippen molar-refractivity contribution < 1.29 is 9.47 Å². The highest BCUT2D eigenvalue weighted by molar-refractivity contribution is 5.59. The zero-order valence-corrected chi connectivity index (χ0v) is 28.6. The van der Waals surface area contributed by atoms with Gasteiger partial charge in [0.05, 0.1) is 5.69 Å². The smallest absolute Gasteiger partial charge is 0.223 e. The predicted octanol–water partition coefficient (Wildman–Crippen LogP) is 11.2. The number of aromatic nitrogens is 2. The summed E-state index contributed by atoms with van der Waals surface area (Å²) in [5, 5.41) is 3.41. The second-order valence-corrected chi connectivity index (χ2v) is 8.38. The molecule has 0 amide bonds. The van der Waals surface area contributed by atoms with Gasteiger partial charge in [-0.2, -0.15) is 0 Å². The highest BCUT2D eigenvalue weighted by Gasteiger charge is 2.07. The molecule has 1 N–H and O–H groups in total. The van der Waals surface area contributed by atoms with Crippen molar-refractivity contribution in [3.63, 3.8) is 0 Å². The van der Waals surface area contributed by atoms with Crippen LogP contribution in [0.15, 0.2) is 89.4 Å². The van der Waals surface area contributed by atoms with Crippen molar-refractivity contribution in [3.05, 3.63) is 89.4 Å². The lowest BCUT2D eigenvalue weighted by Gasteiger charge is -2.14. The first-order valence-corrected chi connectivity index (χ1v) is 15.3. The van der Waals surface area contributed by atoms with E-state index >= 15 is 0 Å². The largest absolute Gasteiger partial charge is 0.467 e. The van der Waals surface area contributed by atoms with Crippen LogP contribution in [0.3, 0.4) is 0 Å². The van der Waals surface area contributed by atoms with Gasteiger partial charge in [-0.25, -0.2) is 9.97 Å². The van der Waals surface area contributed by atoms with Crippen LogP contribution in [0.5, 0.6) is 0 Å². The third-order valence-corrected chi connectivity index (χ3v) is 5.10. The molecule has 1 aromatic heterocycles. The third-order valence-electron chi connectivity index (χ3n) is 5.10. The molecule has 5 nitrogen and oxygen atoms in total. The lowest BCUT2D eigenvalue weighted by molar-refractivity contribution is 0.00865. The van der Waals surface area contributed by atoms with E-state index in [0.717, 1.165) is 35.4 Å². The second kappa shape index (κ2) is 29.8. The molecule has 0 aliphatic carbocycles. The number of methoxy groups -OCH3 is 1. The molecule has 0 radical (unpaired) electrons. The van der Waals surface area contributed by atoms with Gasteiger partial charge in [0.25, 0.3) is 0 Å². The Labute approximate surface area is 253 Å². The summed E-state index contributed by atoms with van der Waals surface area (Å²) in [4.78, 5) is 9.08. The molecular weight excluding hydrogens is 506 g/mol. The normalized spacial score (nSPS) is 11.0. The first-order chi connectivity index (χ1) is 19.9. The van der Waals surface area contributed by atoms with E-state index in [2.05, 4.69) is 74.7 Å². The monoisotopic (exact) mass is 567 g/mol. The number of anilines is 1. The first-order valence-electron chi connectivity index (χ1n) is 15.3. The van der Waals surface area contributed by atoms with Crippen molar-refractivity contribution in [1.29, 1.82) is 0 Å². The summed E-state index contributed by atoms with van der Waals surface area (Å²) in [6.45, 7) is 29.5. The number of benzene rings is 1. The van der Waals surface area contributed by atoms with Crippen LogP contribution < -0.4 is 5.32 Å². The molecule has 0 atom stereocenters. The number of nitrogens with one attached hydrogen (secondary N) is 1. The third kappa shape index (κ3) is 19.5. The van der Waals surface area contributed by atoms with E-state index in [1.54, 1.807) is 13.3 Å². The fourth-order valence-corrected chi connectivity index (χ4v) is 3.15. The van der Waals surface area contributed by atoms with Gasteiger partial charge in [0.1, 0.15) is 5.76 Å². The molecule has 2 rings (SSSR count). The summed E-state index contributed by atoms with van der Waals surface area (Å²) in [6, 6.07) is 12.1. The van der Waals surface area contributed by atoms with E-state index in [-0.39, 0.29) is 6.79 Å². The van der Waals surface area contributed by atoms with Crippen LogP contribution in [0.4, 0.5) is 5.95 Å². The second-order valence-electron chi connectivity index (χ2n) is 8.38. The maximum Gasteiger partial charge on any atom is 0.223 e. The Morgan fingerprint density at radius 3 is 2.00 bits per heavy atom. The molecule has 41 heavy (non-hydrogen) atoms. The fraction of sp³-hybridized carbons (Fsp3) is 0.500. The molecule has 0 aliphatic heterocycles. The highest BCUT2D eigenvalue weighted by atomic mass is 16.7. The van der Waals surface area contributed by atoms with Gasteiger partial charge in [-0.3, -0.25) is 0 Å². The number of nitrogens with zero attached hydrogens (tertiary/aromatic N) is 2. The van der Waals surface area contributed by atoms with E-state index in [1.165, 1.54) is 23.1 Å². The number of allylic oxidation sites excluding steroid dienone is 5. The van der Waals surface area contributed by atoms with E-state index in [0.29, 0.717) is 12.5 Å². The molecule has 0 saturated heterocycles. The highest BCUT2D eigenvalue weighted by Crippen LogP contribution is 2.21. The molecule has 1 aromatic carbocycles. The van der Waals surface area contributed by atoms with E-state index < -0.39 is 0 Å². The number of hydrogen-bond donors (Lipinski definition) is 1. The van der Waals surface area contributed by atoms with Gasteiger partial charge in [-0.1, -0.05) is 118 Å². The minimum atomic E-state index is 0.202. The first kappa shape index (κ1) is 42.3. The average molecular weight is 568 g/mol. The molecule has 0 spiro atoms. The van der Waals surface area contributed by atoms with Crippen LogP contribution in [0.2, 0.25) is 0 Å². The Hall–Kier alpha value is -3.18. The van der Waals surface area contributed by atoms with Gasteiger partial charge in [0, 0.05) is 25.4 Å². The van der Waals surface area contributed by atoms with E-state index in [9.17, 15) is 0 Å².